The second-order valence-electron chi connectivity index (χ2n) is 5.36. The van der Waals surface area contributed by atoms with Gasteiger partial charge in [0.1, 0.15) is 18.1 Å². The highest BCUT2D eigenvalue weighted by molar-refractivity contribution is 5.31. The van der Waals surface area contributed by atoms with Crippen LogP contribution in [0.3, 0.4) is 0 Å². The van der Waals surface area contributed by atoms with E-state index in [4.69, 9.17) is 9.47 Å². The number of hydrogen-bond donors (Lipinski definition) is 1. The molecule has 1 saturated carbocycles. The van der Waals surface area contributed by atoms with Crippen molar-refractivity contribution < 1.29 is 9.47 Å². The molecule has 0 spiro atoms. The Kier molecular flexibility index (Phi) is 4.41. The van der Waals surface area contributed by atoms with Gasteiger partial charge in [0, 0.05) is 0 Å². The number of benzene rings is 2. The normalized spacial score (nSPS) is 15.5. The Bertz CT molecular complexity index is 566. The lowest BCUT2D eigenvalue weighted by molar-refractivity contribution is 0.271. The molecule has 0 aliphatic heterocycles. The van der Waals surface area contributed by atoms with Crippen molar-refractivity contribution in [2.75, 3.05) is 13.7 Å². The lowest BCUT2D eigenvalue weighted by atomic mass is 10.1. The highest BCUT2D eigenvalue weighted by atomic mass is 16.5. The van der Waals surface area contributed by atoms with E-state index in [0.717, 1.165) is 11.5 Å². The van der Waals surface area contributed by atoms with Crippen LogP contribution >= 0.6 is 0 Å². The van der Waals surface area contributed by atoms with E-state index in [1.54, 1.807) is 0 Å². The zero-order valence-electron chi connectivity index (χ0n) is 12.3. The SMILES string of the molecule is CNC(COc1ccccc1)c1cccc(OC2CC2)c1. The molecule has 1 unspecified atom stereocenters. The summed E-state index contributed by atoms with van der Waals surface area (Å²) in [6, 6.07) is 18.3. The number of nitrogens with one attached hydrogen (secondary N) is 1. The lowest BCUT2D eigenvalue weighted by Gasteiger charge is -2.18. The molecule has 21 heavy (non-hydrogen) atoms. The average Bonchev–Trinajstić information content (AvgIpc) is 3.33. The van der Waals surface area contributed by atoms with Crippen LogP contribution in [0, 0.1) is 0 Å². The van der Waals surface area contributed by atoms with Crippen LogP contribution in [-0.2, 0) is 0 Å². The molecule has 0 aromatic heterocycles. The molecule has 0 radical (unpaired) electrons. The summed E-state index contributed by atoms with van der Waals surface area (Å²) in [5.74, 6) is 1.85. The second kappa shape index (κ2) is 6.64. The molecule has 0 saturated heterocycles. The fourth-order valence-electron chi connectivity index (χ4n) is 2.23. The van der Waals surface area contributed by atoms with Gasteiger partial charge < -0.3 is 14.8 Å². The Morgan fingerprint density at radius 3 is 2.52 bits per heavy atom. The monoisotopic (exact) mass is 283 g/mol. The van der Waals surface area contributed by atoms with Crippen molar-refractivity contribution in [1.82, 2.24) is 5.32 Å². The number of para-hydroxylation sites is 1. The van der Waals surface area contributed by atoms with Gasteiger partial charge in [-0.15, -0.1) is 0 Å². The summed E-state index contributed by atoms with van der Waals surface area (Å²) >= 11 is 0. The van der Waals surface area contributed by atoms with E-state index in [-0.39, 0.29) is 6.04 Å². The molecule has 1 aliphatic carbocycles. The van der Waals surface area contributed by atoms with E-state index in [2.05, 4.69) is 17.4 Å². The van der Waals surface area contributed by atoms with Gasteiger partial charge in [0.15, 0.2) is 0 Å². The van der Waals surface area contributed by atoms with Crippen molar-refractivity contribution in [3.05, 3.63) is 60.2 Å². The molecule has 110 valence electrons. The number of hydrogen-bond acceptors (Lipinski definition) is 3. The Morgan fingerprint density at radius 2 is 1.81 bits per heavy atom. The van der Waals surface area contributed by atoms with Crippen LogP contribution in [0.15, 0.2) is 54.6 Å². The van der Waals surface area contributed by atoms with Gasteiger partial charge in [-0.1, -0.05) is 30.3 Å². The maximum atomic E-state index is 5.85. The minimum absolute atomic E-state index is 0.146. The van der Waals surface area contributed by atoms with E-state index >= 15 is 0 Å². The molecule has 3 heteroatoms. The fraction of sp³-hybridized carbons (Fsp3) is 0.333. The molecule has 3 nitrogen and oxygen atoms in total. The van der Waals surface area contributed by atoms with Gasteiger partial charge in [-0.25, -0.2) is 0 Å². The fourth-order valence-corrected chi connectivity index (χ4v) is 2.23. The number of likely N-dealkylation sites (N-methyl/N-ethyl adjacent to an activating group) is 1. The first-order valence-electron chi connectivity index (χ1n) is 7.47. The highest BCUT2D eigenvalue weighted by Crippen LogP contribution is 2.28. The van der Waals surface area contributed by atoms with Crippen LogP contribution in [0.2, 0.25) is 0 Å². The van der Waals surface area contributed by atoms with Crippen LogP contribution in [0.1, 0.15) is 24.4 Å². The Labute approximate surface area is 125 Å². The van der Waals surface area contributed by atoms with Gasteiger partial charge in [-0.05, 0) is 49.7 Å². The summed E-state index contributed by atoms with van der Waals surface area (Å²) in [5, 5.41) is 3.30. The first kappa shape index (κ1) is 14.0. The summed E-state index contributed by atoms with van der Waals surface area (Å²) < 4.78 is 11.7. The van der Waals surface area contributed by atoms with Crippen LogP contribution < -0.4 is 14.8 Å². The van der Waals surface area contributed by atoms with Crippen molar-refractivity contribution in [1.29, 1.82) is 0 Å². The third kappa shape index (κ3) is 3.99. The minimum Gasteiger partial charge on any atom is -0.492 e. The molecule has 0 heterocycles. The topological polar surface area (TPSA) is 30.5 Å². The van der Waals surface area contributed by atoms with Gasteiger partial charge in [0.05, 0.1) is 12.1 Å². The maximum Gasteiger partial charge on any atom is 0.120 e. The molecular weight excluding hydrogens is 262 g/mol. The van der Waals surface area contributed by atoms with E-state index < -0.39 is 0 Å². The third-order valence-corrected chi connectivity index (χ3v) is 3.60. The number of ether oxygens (including phenoxy) is 2. The van der Waals surface area contributed by atoms with Gasteiger partial charge in [0.25, 0.3) is 0 Å². The van der Waals surface area contributed by atoms with Crippen molar-refractivity contribution in [3.8, 4) is 11.5 Å². The first-order valence-corrected chi connectivity index (χ1v) is 7.47. The molecule has 2 aromatic carbocycles. The summed E-state index contributed by atoms with van der Waals surface area (Å²) in [6.45, 7) is 0.591. The highest BCUT2D eigenvalue weighted by Gasteiger charge is 2.23. The Hall–Kier alpha value is -2.00. The predicted octanol–water partition coefficient (Wildman–Crippen LogP) is 3.57. The van der Waals surface area contributed by atoms with E-state index in [0.29, 0.717) is 12.7 Å². The van der Waals surface area contributed by atoms with Crippen LogP contribution in [0.5, 0.6) is 11.5 Å². The van der Waals surface area contributed by atoms with Gasteiger partial charge in [-0.2, -0.15) is 0 Å². The molecular formula is C18H21NO2. The number of rotatable bonds is 7. The lowest BCUT2D eigenvalue weighted by Crippen LogP contribution is -2.23. The van der Waals surface area contributed by atoms with Gasteiger partial charge >= 0.3 is 0 Å². The molecule has 1 atom stereocenters. The van der Waals surface area contributed by atoms with E-state index in [1.165, 1.54) is 18.4 Å². The van der Waals surface area contributed by atoms with Crippen molar-refractivity contribution in [2.24, 2.45) is 0 Å². The van der Waals surface area contributed by atoms with Gasteiger partial charge in [0.2, 0.25) is 0 Å². The third-order valence-electron chi connectivity index (χ3n) is 3.60. The molecule has 1 fully saturated rings. The smallest absolute Gasteiger partial charge is 0.120 e. The zero-order chi connectivity index (χ0) is 14.5. The second-order valence-corrected chi connectivity index (χ2v) is 5.36. The maximum absolute atomic E-state index is 5.85. The Balaban J connectivity index is 1.64. The summed E-state index contributed by atoms with van der Waals surface area (Å²) in [4.78, 5) is 0. The van der Waals surface area contributed by atoms with E-state index in [9.17, 15) is 0 Å². The minimum atomic E-state index is 0.146. The molecule has 3 rings (SSSR count). The first-order chi connectivity index (χ1) is 10.3. The Morgan fingerprint density at radius 1 is 1.05 bits per heavy atom. The van der Waals surface area contributed by atoms with Crippen molar-refractivity contribution >= 4 is 0 Å². The van der Waals surface area contributed by atoms with E-state index in [1.807, 2.05) is 49.5 Å². The zero-order valence-corrected chi connectivity index (χ0v) is 12.3. The predicted molar refractivity (Wildman–Crippen MR) is 83.8 cm³/mol. The molecule has 0 bridgehead atoms. The molecule has 2 aromatic rings. The molecule has 1 N–H and O–H groups in total. The van der Waals surface area contributed by atoms with Gasteiger partial charge in [-0.3, -0.25) is 0 Å². The van der Waals surface area contributed by atoms with Crippen molar-refractivity contribution in [2.45, 2.75) is 25.0 Å². The largest absolute Gasteiger partial charge is 0.492 e. The molecule has 0 amide bonds. The van der Waals surface area contributed by atoms with Crippen molar-refractivity contribution in [3.63, 3.8) is 0 Å². The summed E-state index contributed by atoms with van der Waals surface area (Å²) in [6.07, 6.45) is 2.78. The van der Waals surface area contributed by atoms with Crippen LogP contribution in [-0.4, -0.2) is 19.8 Å². The average molecular weight is 283 g/mol. The summed E-state index contributed by atoms with van der Waals surface area (Å²) in [7, 11) is 1.95. The standard InChI is InChI=1S/C18H21NO2/c1-19-18(13-20-15-7-3-2-4-8-15)14-6-5-9-17(12-14)21-16-10-11-16/h2-9,12,16,18-19H,10-11,13H2,1H3. The summed E-state index contributed by atoms with van der Waals surface area (Å²) in [5.41, 5.74) is 1.19. The quantitative estimate of drug-likeness (QED) is 0.842. The van der Waals surface area contributed by atoms with Crippen LogP contribution in [0.25, 0.3) is 0 Å². The van der Waals surface area contributed by atoms with Crippen LogP contribution in [0.4, 0.5) is 0 Å². The molecule has 1 aliphatic rings.